The normalized spacial score (nSPS) is 20.9. The lowest BCUT2D eigenvalue weighted by Gasteiger charge is -2.59. The molecule has 0 aromatic heterocycles. The van der Waals surface area contributed by atoms with E-state index < -0.39 is 45.4 Å². The average molecular weight is 1040 g/mol. The van der Waals surface area contributed by atoms with Crippen LogP contribution < -0.4 is 14.2 Å². The Hall–Kier alpha value is -7.99. The van der Waals surface area contributed by atoms with Gasteiger partial charge in [-0.05, 0) is 114 Å². The van der Waals surface area contributed by atoms with Gasteiger partial charge in [-0.2, -0.15) is 0 Å². The standard InChI is InChI=1S/C59H59FN4O12/c1-2-32-73-59-55(62(36-42-16-11-15-40-12-3-5-17-48(40)42)58(67)75-46-26-24-45(25-27-46)64(70)71)35-53(61-74-37-39-20-22-44(23-21-39)63(68)69)50-33-41(13-7-9-30-65)49(18-8-10-31-66)56(57(50)59)51-34-47(28-29-54(51)76-59)72-38-43-14-4-6-19-52(43)60/h2-6,11-12,14-17,19-29,33-34,41,49,55-57,65-66H,1,7-10,13,18,30-32,35-38H2. The number of carbonyl (C=O) groups excluding carboxylic acids is 1. The molecule has 1 amide bonds. The minimum atomic E-state index is -1.71. The van der Waals surface area contributed by atoms with E-state index in [2.05, 4.69) is 12.7 Å². The van der Waals surface area contributed by atoms with E-state index in [4.69, 9.17) is 28.9 Å². The fourth-order valence-corrected chi connectivity index (χ4v) is 11.1. The van der Waals surface area contributed by atoms with Crippen molar-refractivity contribution in [3.8, 4) is 17.2 Å². The number of oxime groups is 1. The molecule has 2 N–H and O–H groups in total. The molecule has 6 atom stereocenters. The van der Waals surface area contributed by atoms with Crippen LogP contribution in [0, 0.1) is 43.8 Å². The van der Waals surface area contributed by atoms with Gasteiger partial charge in [-0.3, -0.25) is 25.1 Å². The lowest BCUT2D eigenvalue weighted by Crippen LogP contribution is -2.70. The molecule has 17 heteroatoms. The molecule has 0 saturated heterocycles. The van der Waals surface area contributed by atoms with Crippen LogP contribution in [0.5, 0.6) is 17.2 Å². The van der Waals surface area contributed by atoms with E-state index >= 15 is 4.79 Å². The maximum atomic E-state index is 15.4. The van der Waals surface area contributed by atoms with Crippen molar-refractivity contribution in [2.75, 3.05) is 19.8 Å². The second-order valence-electron chi connectivity index (χ2n) is 19.2. The van der Waals surface area contributed by atoms with Gasteiger partial charge in [-0.25, -0.2) is 9.18 Å². The molecule has 394 valence electrons. The van der Waals surface area contributed by atoms with Gasteiger partial charge in [0.2, 0.25) is 5.79 Å². The average Bonchev–Trinajstić information content (AvgIpc) is 3.61. The van der Waals surface area contributed by atoms with Gasteiger partial charge in [0.1, 0.15) is 42.3 Å². The highest BCUT2D eigenvalue weighted by Gasteiger charge is 2.66. The smallest absolute Gasteiger partial charge is 0.416 e. The third-order valence-corrected chi connectivity index (χ3v) is 14.6. The molecular weight excluding hydrogens is 976 g/mol. The van der Waals surface area contributed by atoms with E-state index in [1.165, 1.54) is 42.5 Å². The van der Waals surface area contributed by atoms with Crippen LogP contribution in [0.2, 0.25) is 0 Å². The van der Waals surface area contributed by atoms with Crippen LogP contribution >= 0.6 is 0 Å². The summed E-state index contributed by atoms with van der Waals surface area (Å²) in [6, 6.07) is 35.7. The lowest BCUT2D eigenvalue weighted by molar-refractivity contribution is -0.385. The molecule has 16 nitrogen and oxygen atoms in total. The summed E-state index contributed by atoms with van der Waals surface area (Å²) in [6.07, 6.45) is 6.82. The summed E-state index contributed by atoms with van der Waals surface area (Å²) >= 11 is 0. The highest BCUT2D eigenvalue weighted by Crippen LogP contribution is 2.62. The Kier molecular flexibility index (Phi) is 16.8. The highest BCUT2D eigenvalue weighted by molar-refractivity contribution is 6.03. The molecule has 9 rings (SSSR count). The van der Waals surface area contributed by atoms with Crippen molar-refractivity contribution >= 4 is 34.0 Å². The van der Waals surface area contributed by atoms with Crippen LogP contribution in [0.4, 0.5) is 20.6 Å². The molecule has 0 bridgehead atoms. The Bertz CT molecular complexity index is 3110. The largest absolute Gasteiger partial charge is 0.489 e. The summed E-state index contributed by atoms with van der Waals surface area (Å²) in [4.78, 5) is 45.4. The summed E-state index contributed by atoms with van der Waals surface area (Å²) in [5, 5.41) is 50.1. The number of rotatable bonds is 23. The van der Waals surface area contributed by atoms with Crippen LogP contribution in [-0.2, 0) is 29.3 Å². The number of hydrogen-bond donors (Lipinski definition) is 2. The number of nitro groups is 2. The summed E-state index contributed by atoms with van der Waals surface area (Å²) in [5.41, 5.74) is 3.50. The van der Waals surface area contributed by atoms with E-state index in [1.54, 1.807) is 47.4 Å². The number of halogens is 1. The summed E-state index contributed by atoms with van der Waals surface area (Å²) in [5.74, 6) is -2.58. The summed E-state index contributed by atoms with van der Waals surface area (Å²) < 4.78 is 42.1. The Morgan fingerprint density at radius 3 is 2.21 bits per heavy atom. The van der Waals surface area contributed by atoms with E-state index in [0.717, 1.165) is 27.5 Å². The molecule has 1 heterocycles. The Morgan fingerprint density at radius 1 is 0.816 bits per heavy atom. The molecule has 6 aromatic carbocycles. The molecule has 76 heavy (non-hydrogen) atoms. The topological polar surface area (TPSA) is 206 Å². The summed E-state index contributed by atoms with van der Waals surface area (Å²) in [6.45, 7) is 3.88. The van der Waals surface area contributed by atoms with Crippen molar-refractivity contribution in [2.45, 2.75) is 82.5 Å². The Morgan fingerprint density at radius 2 is 1.49 bits per heavy atom. The molecule has 1 saturated carbocycles. The Labute approximate surface area is 438 Å². The van der Waals surface area contributed by atoms with E-state index in [1.807, 2.05) is 54.6 Å². The quantitative estimate of drug-likeness (QED) is 0.0266. The van der Waals surface area contributed by atoms with Gasteiger partial charge in [-0.1, -0.05) is 90.8 Å². The molecule has 0 radical (unpaired) electrons. The number of unbranched alkanes of at least 4 members (excludes halogenated alkanes) is 2. The number of non-ortho nitro benzene ring substituents is 2. The van der Waals surface area contributed by atoms with Crippen molar-refractivity contribution in [1.29, 1.82) is 0 Å². The third kappa shape index (κ3) is 11.5. The van der Waals surface area contributed by atoms with Crippen molar-refractivity contribution < 1.29 is 53.0 Å². The predicted molar refractivity (Wildman–Crippen MR) is 282 cm³/mol. The van der Waals surface area contributed by atoms with Crippen LogP contribution in [0.1, 0.15) is 73.1 Å². The molecule has 1 fully saturated rings. The number of carbonyl (C=O) groups is 1. The van der Waals surface area contributed by atoms with Crippen LogP contribution in [0.15, 0.2) is 163 Å². The van der Waals surface area contributed by atoms with Crippen molar-refractivity contribution in [2.24, 2.45) is 22.9 Å². The Balaban J connectivity index is 1.25. The minimum absolute atomic E-state index is 0.00963. The van der Waals surface area contributed by atoms with E-state index in [0.29, 0.717) is 66.9 Å². The van der Waals surface area contributed by atoms with E-state index in [9.17, 15) is 34.8 Å². The second kappa shape index (κ2) is 24.1. The fraction of sp³-hybridized carbons (Fsp3) is 0.322. The number of allylic oxidation sites excluding steroid dienone is 1. The zero-order valence-electron chi connectivity index (χ0n) is 41.8. The first-order chi connectivity index (χ1) is 37.0. The van der Waals surface area contributed by atoms with Crippen molar-refractivity contribution in [1.82, 2.24) is 4.90 Å². The molecule has 3 aliphatic rings. The molecule has 6 aromatic rings. The van der Waals surface area contributed by atoms with Crippen molar-refractivity contribution in [3.63, 3.8) is 0 Å². The predicted octanol–water partition coefficient (Wildman–Crippen LogP) is 11.9. The SMILES string of the molecule is C=CCOC12Oc3ccc(OCc4ccccc4F)cc3C3C(CCCCO)C(CCCCO)C=C(C(=NOCc4ccc([N+](=O)[O-])cc4)CC1N(Cc1cccc4ccccc14)C(=O)Oc1ccc([N+](=O)[O-])cc1)C32. The number of fused-ring (bicyclic) bond motifs is 3. The maximum Gasteiger partial charge on any atom is 0.416 e. The van der Waals surface area contributed by atoms with E-state index in [-0.39, 0.29) is 75.0 Å². The van der Waals surface area contributed by atoms with Gasteiger partial charge >= 0.3 is 6.09 Å². The zero-order valence-corrected chi connectivity index (χ0v) is 41.8. The van der Waals surface area contributed by atoms with Gasteiger partial charge in [0.15, 0.2) is 0 Å². The second-order valence-corrected chi connectivity index (χ2v) is 19.2. The van der Waals surface area contributed by atoms with Gasteiger partial charge in [-0.15, -0.1) is 6.58 Å². The fourth-order valence-electron chi connectivity index (χ4n) is 11.1. The van der Waals surface area contributed by atoms with Crippen LogP contribution in [0.3, 0.4) is 0 Å². The summed E-state index contributed by atoms with van der Waals surface area (Å²) in [7, 11) is 0. The van der Waals surface area contributed by atoms with Crippen LogP contribution in [-0.4, -0.2) is 68.4 Å². The van der Waals surface area contributed by atoms with Gasteiger partial charge < -0.3 is 34.0 Å². The molecule has 0 spiro atoms. The number of aliphatic hydroxyl groups is 2. The number of nitro benzene ring substituents is 2. The molecule has 6 unspecified atom stereocenters. The first-order valence-electron chi connectivity index (χ1n) is 25.5. The van der Waals surface area contributed by atoms with Gasteiger partial charge in [0.25, 0.3) is 11.4 Å². The number of aliphatic hydroxyl groups excluding tert-OH is 2. The van der Waals surface area contributed by atoms with Crippen LogP contribution in [0.25, 0.3) is 10.8 Å². The minimum Gasteiger partial charge on any atom is -0.489 e. The number of ether oxygens (including phenoxy) is 4. The number of amides is 1. The van der Waals surface area contributed by atoms with Gasteiger partial charge in [0, 0.05) is 60.9 Å². The van der Waals surface area contributed by atoms with Gasteiger partial charge in [0.05, 0.1) is 34.6 Å². The first kappa shape index (κ1) is 52.9. The molecule has 2 aliphatic carbocycles. The molecule has 1 aliphatic heterocycles. The first-order valence-corrected chi connectivity index (χ1v) is 25.5. The number of nitrogens with zero attached hydrogens (tertiary/aromatic N) is 4. The third-order valence-electron chi connectivity index (χ3n) is 14.6. The maximum absolute atomic E-state index is 15.4. The highest BCUT2D eigenvalue weighted by atomic mass is 19.1. The van der Waals surface area contributed by atoms with Crippen molar-refractivity contribution in [3.05, 3.63) is 206 Å². The molecular formula is C59H59FN4O12. The lowest BCUT2D eigenvalue weighted by atomic mass is 9.55. The monoisotopic (exact) mass is 1030 g/mol. The number of hydrogen-bond acceptors (Lipinski definition) is 13. The zero-order chi connectivity index (χ0) is 53.2. The number of benzene rings is 6.